The van der Waals surface area contributed by atoms with Gasteiger partial charge in [0.05, 0.1) is 12.8 Å². The van der Waals surface area contributed by atoms with Gasteiger partial charge in [0.2, 0.25) is 10.0 Å². The van der Waals surface area contributed by atoms with Crippen LogP contribution in [-0.2, 0) is 10.0 Å². The summed E-state index contributed by atoms with van der Waals surface area (Å²) in [6, 6.07) is 14.0. The van der Waals surface area contributed by atoms with E-state index in [4.69, 9.17) is 4.74 Å². The second kappa shape index (κ2) is 7.83. The van der Waals surface area contributed by atoms with Crippen LogP contribution in [0.4, 0.5) is 5.69 Å². The van der Waals surface area contributed by atoms with Crippen LogP contribution in [0, 0.1) is 6.92 Å². The van der Waals surface area contributed by atoms with E-state index in [-0.39, 0.29) is 5.91 Å². The van der Waals surface area contributed by atoms with Crippen molar-refractivity contribution in [3.05, 3.63) is 59.7 Å². The zero-order valence-corrected chi connectivity index (χ0v) is 14.4. The van der Waals surface area contributed by atoms with E-state index < -0.39 is 10.0 Å². The monoisotopic (exact) mass is 348 g/mol. The van der Waals surface area contributed by atoms with E-state index in [1.165, 1.54) is 6.07 Å². The number of carbonyl (C=O) groups excluding carboxylic acids is 1. The summed E-state index contributed by atoms with van der Waals surface area (Å²) in [5, 5.41) is 2.73. The first-order valence-electron chi connectivity index (χ1n) is 7.39. The van der Waals surface area contributed by atoms with Crippen LogP contribution in [0.25, 0.3) is 0 Å². The van der Waals surface area contributed by atoms with Gasteiger partial charge in [-0.1, -0.05) is 18.2 Å². The van der Waals surface area contributed by atoms with E-state index >= 15 is 0 Å². The Bertz CT molecular complexity index is 819. The van der Waals surface area contributed by atoms with Gasteiger partial charge < -0.3 is 10.1 Å². The highest BCUT2D eigenvalue weighted by molar-refractivity contribution is 7.92. The predicted octanol–water partition coefficient (Wildman–Crippen LogP) is 2.18. The van der Waals surface area contributed by atoms with Crippen molar-refractivity contribution in [3.8, 4) is 5.75 Å². The van der Waals surface area contributed by atoms with Crippen molar-refractivity contribution in [2.45, 2.75) is 6.92 Å². The lowest BCUT2D eigenvalue weighted by Gasteiger charge is -2.09. The minimum absolute atomic E-state index is 0.292. The Morgan fingerprint density at radius 3 is 2.58 bits per heavy atom. The molecule has 2 N–H and O–H groups in total. The molecule has 0 fully saturated rings. The van der Waals surface area contributed by atoms with Crippen LogP contribution in [0.2, 0.25) is 0 Å². The number of carbonyl (C=O) groups is 1. The molecule has 2 aromatic rings. The number of anilines is 1. The van der Waals surface area contributed by atoms with Crippen LogP contribution in [0.15, 0.2) is 48.5 Å². The number of sulfonamides is 1. The summed E-state index contributed by atoms with van der Waals surface area (Å²) in [6.07, 6.45) is 1.06. The molecule has 24 heavy (non-hydrogen) atoms. The first-order valence-corrected chi connectivity index (χ1v) is 9.28. The van der Waals surface area contributed by atoms with Crippen LogP contribution in [0.3, 0.4) is 0 Å². The Kier molecular flexibility index (Phi) is 5.81. The quantitative estimate of drug-likeness (QED) is 0.751. The van der Waals surface area contributed by atoms with Crippen molar-refractivity contribution < 1.29 is 17.9 Å². The largest absolute Gasteiger partial charge is 0.492 e. The highest BCUT2D eigenvalue weighted by atomic mass is 32.2. The number of hydrogen-bond acceptors (Lipinski definition) is 4. The zero-order valence-electron chi connectivity index (χ0n) is 13.6. The molecule has 2 rings (SSSR count). The maximum absolute atomic E-state index is 12.1. The second-order valence-electron chi connectivity index (χ2n) is 5.38. The molecule has 128 valence electrons. The molecule has 0 aromatic heterocycles. The molecule has 0 aliphatic rings. The Hall–Kier alpha value is -2.54. The lowest BCUT2D eigenvalue weighted by Crippen LogP contribution is -2.28. The Morgan fingerprint density at radius 1 is 1.12 bits per heavy atom. The smallest absolute Gasteiger partial charge is 0.251 e. The van der Waals surface area contributed by atoms with Gasteiger partial charge in [-0.15, -0.1) is 0 Å². The van der Waals surface area contributed by atoms with E-state index in [2.05, 4.69) is 10.0 Å². The van der Waals surface area contributed by atoms with Gasteiger partial charge in [0.25, 0.3) is 5.91 Å². The second-order valence-corrected chi connectivity index (χ2v) is 7.12. The maximum Gasteiger partial charge on any atom is 0.251 e. The fourth-order valence-electron chi connectivity index (χ4n) is 2.08. The third-order valence-electron chi connectivity index (χ3n) is 3.07. The Morgan fingerprint density at radius 2 is 1.88 bits per heavy atom. The molecule has 0 radical (unpaired) electrons. The van der Waals surface area contributed by atoms with E-state index in [1.807, 2.05) is 31.2 Å². The van der Waals surface area contributed by atoms with Crippen molar-refractivity contribution in [1.29, 1.82) is 0 Å². The molecule has 0 saturated carbocycles. The summed E-state index contributed by atoms with van der Waals surface area (Å²) in [5.74, 6) is 0.462. The maximum atomic E-state index is 12.1. The fraction of sp³-hybridized carbons (Fsp3) is 0.235. The number of benzene rings is 2. The number of aryl methyl sites for hydroxylation is 1. The van der Waals surface area contributed by atoms with E-state index in [0.29, 0.717) is 24.4 Å². The number of rotatable bonds is 7. The van der Waals surface area contributed by atoms with Crippen molar-refractivity contribution in [2.24, 2.45) is 0 Å². The van der Waals surface area contributed by atoms with Gasteiger partial charge in [0.1, 0.15) is 12.4 Å². The summed E-state index contributed by atoms with van der Waals surface area (Å²) in [5.41, 5.74) is 1.83. The summed E-state index contributed by atoms with van der Waals surface area (Å²) in [4.78, 5) is 12.1. The lowest BCUT2D eigenvalue weighted by molar-refractivity contribution is 0.0947. The molecule has 0 saturated heterocycles. The zero-order chi connectivity index (χ0) is 17.6. The average molecular weight is 348 g/mol. The highest BCUT2D eigenvalue weighted by Crippen LogP contribution is 2.13. The molecule has 7 heteroatoms. The van der Waals surface area contributed by atoms with E-state index in [9.17, 15) is 13.2 Å². The molecule has 0 atom stereocenters. The highest BCUT2D eigenvalue weighted by Gasteiger charge is 2.08. The van der Waals surface area contributed by atoms with Crippen molar-refractivity contribution in [3.63, 3.8) is 0 Å². The van der Waals surface area contributed by atoms with Crippen LogP contribution in [0.5, 0.6) is 5.75 Å². The molecular weight excluding hydrogens is 328 g/mol. The van der Waals surface area contributed by atoms with Gasteiger partial charge in [-0.25, -0.2) is 8.42 Å². The molecule has 6 nitrogen and oxygen atoms in total. The molecular formula is C17H20N2O4S. The average Bonchev–Trinajstić information content (AvgIpc) is 2.50. The third-order valence-corrected chi connectivity index (χ3v) is 3.68. The molecule has 0 bridgehead atoms. The molecule has 0 aliphatic carbocycles. The van der Waals surface area contributed by atoms with Gasteiger partial charge in [0.15, 0.2) is 0 Å². The van der Waals surface area contributed by atoms with Crippen LogP contribution in [0.1, 0.15) is 15.9 Å². The summed E-state index contributed by atoms with van der Waals surface area (Å²) in [7, 11) is -3.38. The SMILES string of the molecule is Cc1cccc(OCCNC(=O)c2cccc(NS(C)(=O)=O)c2)c1. The predicted molar refractivity (Wildman–Crippen MR) is 93.9 cm³/mol. The van der Waals surface area contributed by atoms with Gasteiger partial charge in [-0.2, -0.15) is 0 Å². The summed E-state index contributed by atoms with van der Waals surface area (Å²) >= 11 is 0. The molecule has 0 unspecified atom stereocenters. The molecule has 0 spiro atoms. The van der Waals surface area contributed by atoms with Crippen molar-refractivity contribution in [1.82, 2.24) is 5.32 Å². The number of nitrogens with one attached hydrogen (secondary N) is 2. The van der Waals surface area contributed by atoms with Crippen LogP contribution in [-0.4, -0.2) is 33.7 Å². The van der Waals surface area contributed by atoms with Gasteiger partial charge >= 0.3 is 0 Å². The van der Waals surface area contributed by atoms with Crippen molar-refractivity contribution in [2.75, 3.05) is 24.1 Å². The third kappa shape index (κ3) is 5.92. The fourth-order valence-corrected chi connectivity index (χ4v) is 2.63. The number of ether oxygens (including phenoxy) is 1. The standard InChI is InChI=1S/C17H20N2O4S/c1-13-5-3-8-16(11-13)23-10-9-18-17(20)14-6-4-7-15(12-14)19-24(2,21)22/h3-8,11-12,19H,9-10H2,1-2H3,(H,18,20). The first kappa shape index (κ1) is 17.8. The minimum atomic E-state index is -3.38. The van der Waals surface area contributed by atoms with Gasteiger partial charge in [-0.05, 0) is 42.8 Å². The Balaban J connectivity index is 1.85. The molecule has 0 aliphatic heterocycles. The molecule has 1 amide bonds. The van der Waals surface area contributed by atoms with Crippen LogP contribution < -0.4 is 14.8 Å². The lowest BCUT2D eigenvalue weighted by atomic mass is 10.2. The van der Waals surface area contributed by atoms with Crippen LogP contribution >= 0.6 is 0 Å². The normalized spacial score (nSPS) is 10.9. The summed E-state index contributed by atoms with van der Waals surface area (Å²) in [6.45, 7) is 2.67. The minimum Gasteiger partial charge on any atom is -0.492 e. The first-order chi connectivity index (χ1) is 11.3. The van der Waals surface area contributed by atoms with E-state index in [0.717, 1.165) is 17.6 Å². The van der Waals surface area contributed by atoms with E-state index in [1.54, 1.807) is 18.2 Å². The van der Waals surface area contributed by atoms with Gasteiger partial charge in [0, 0.05) is 11.3 Å². The van der Waals surface area contributed by atoms with Gasteiger partial charge in [-0.3, -0.25) is 9.52 Å². The number of amides is 1. The topological polar surface area (TPSA) is 84.5 Å². The molecule has 0 heterocycles. The summed E-state index contributed by atoms with van der Waals surface area (Å²) < 4.78 is 30.3. The Labute approximate surface area is 141 Å². The van der Waals surface area contributed by atoms with Crippen molar-refractivity contribution >= 4 is 21.6 Å². The number of hydrogen-bond donors (Lipinski definition) is 2. The molecule has 2 aromatic carbocycles.